The molecule has 3 aromatic heterocycles. The largest absolute Gasteiger partial charge is 0.469 e. The summed E-state index contributed by atoms with van der Waals surface area (Å²) >= 11 is 0. The number of morpholine rings is 1. The second kappa shape index (κ2) is 15.0. The molecule has 0 saturated carbocycles. The van der Waals surface area contributed by atoms with Gasteiger partial charge in [0.05, 0.1) is 37.3 Å². The second-order valence-corrected chi connectivity index (χ2v) is 11.2. The highest BCUT2D eigenvalue weighted by atomic mass is 16.6. The quantitative estimate of drug-likeness (QED) is 0.201. The van der Waals surface area contributed by atoms with Gasteiger partial charge in [0.1, 0.15) is 11.5 Å². The molecular formula is C35H40N6O4. The summed E-state index contributed by atoms with van der Waals surface area (Å²) in [5, 5.41) is 3.16. The van der Waals surface area contributed by atoms with Crippen molar-refractivity contribution in [2.24, 2.45) is 0 Å². The number of fused-ring (bicyclic) bond motifs is 1. The molecule has 1 fully saturated rings. The van der Waals surface area contributed by atoms with Gasteiger partial charge in [0.15, 0.2) is 5.65 Å². The average Bonchev–Trinajstić information content (AvgIpc) is 3.72. The lowest BCUT2D eigenvalue weighted by molar-refractivity contribution is 0.0362. The summed E-state index contributed by atoms with van der Waals surface area (Å²) in [4.78, 5) is 28.2. The Balaban J connectivity index is 1.36. The van der Waals surface area contributed by atoms with Gasteiger partial charge in [-0.05, 0) is 31.2 Å². The number of hydrogen-bond acceptors (Lipinski definition) is 8. The van der Waals surface area contributed by atoms with Crippen LogP contribution >= 0.6 is 0 Å². The van der Waals surface area contributed by atoms with Crippen molar-refractivity contribution in [1.29, 1.82) is 0 Å². The molecule has 10 nitrogen and oxygen atoms in total. The topological polar surface area (TPSA) is 97.4 Å². The molecule has 10 heteroatoms. The maximum Gasteiger partial charge on any atom is 0.416 e. The van der Waals surface area contributed by atoms with Crippen LogP contribution in [0.2, 0.25) is 0 Å². The van der Waals surface area contributed by atoms with E-state index in [1.165, 1.54) is 0 Å². The molecule has 0 aliphatic carbocycles. The van der Waals surface area contributed by atoms with E-state index >= 15 is 0 Å². The van der Waals surface area contributed by atoms with Crippen LogP contribution in [0.5, 0.6) is 5.88 Å². The highest BCUT2D eigenvalue weighted by Crippen LogP contribution is 2.30. The van der Waals surface area contributed by atoms with Crippen LogP contribution in [-0.2, 0) is 17.6 Å². The summed E-state index contributed by atoms with van der Waals surface area (Å²) in [6.07, 6.45) is 4.94. The summed E-state index contributed by atoms with van der Waals surface area (Å²) in [6, 6.07) is 24.0. The van der Waals surface area contributed by atoms with Crippen molar-refractivity contribution in [3.63, 3.8) is 0 Å². The minimum Gasteiger partial charge on any atom is -0.469 e. The molecule has 234 valence electrons. The van der Waals surface area contributed by atoms with Crippen molar-refractivity contribution in [2.75, 3.05) is 59.5 Å². The summed E-state index contributed by atoms with van der Waals surface area (Å²) < 4.78 is 19.4. The fourth-order valence-corrected chi connectivity index (χ4v) is 5.59. The number of carbonyl (C=O) groups is 1. The maximum absolute atomic E-state index is 13.9. The molecule has 1 saturated heterocycles. The SMILES string of the molecule is CNCCN(CCCN1CCOCC1)C(=O)Oc1c(Cc2ccco2)nc2c(Cc3ccccc3)nc(-c3ccccc3)cn12. The number of nitrogens with zero attached hydrogens (tertiary/aromatic N) is 5. The molecular weight excluding hydrogens is 568 g/mol. The van der Waals surface area contributed by atoms with Crippen LogP contribution in [0.3, 0.4) is 0 Å². The number of furan rings is 1. The minimum atomic E-state index is -0.405. The van der Waals surface area contributed by atoms with E-state index in [1.54, 1.807) is 11.2 Å². The number of imidazole rings is 1. The Kier molecular flexibility index (Phi) is 10.2. The molecule has 0 bridgehead atoms. The van der Waals surface area contributed by atoms with Gasteiger partial charge in [0.25, 0.3) is 0 Å². The van der Waals surface area contributed by atoms with Crippen molar-refractivity contribution in [3.8, 4) is 17.1 Å². The monoisotopic (exact) mass is 608 g/mol. The fourth-order valence-electron chi connectivity index (χ4n) is 5.59. The van der Waals surface area contributed by atoms with Gasteiger partial charge >= 0.3 is 6.09 Å². The first-order chi connectivity index (χ1) is 22.2. The van der Waals surface area contributed by atoms with Crippen LogP contribution in [0.25, 0.3) is 16.9 Å². The van der Waals surface area contributed by atoms with E-state index < -0.39 is 6.09 Å². The third-order valence-electron chi connectivity index (χ3n) is 7.99. The Morgan fingerprint density at radius 3 is 2.44 bits per heavy atom. The van der Waals surface area contributed by atoms with E-state index in [0.29, 0.717) is 49.7 Å². The van der Waals surface area contributed by atoms with Gasteiger partial charge in [0, 0.05) is 57.4 Å². The van der Waals surface area contributed by atoms with E-state index in [-0.39, 0.29) is 0 Å². The lowest BCUT2D eigenvalue weighted by atomic mass is 10.1. The van der Waals surface area contributed by atoms with Crippen LogP contribution in [0.1, 0.15) is 29.1 Å². The van der Waals surface area contributed by atoms with Gasteiger partial charge < -0.3 is 24.1 Å². The minimum absolute atomic E-state index is 0.371. The van der Waals surface area contributed by atoms with Crippen LogP contribution in [0, 0.1) is 0 Å². The summed E-state index contributed by atoms with van der Waals surface area (Å²) in [5.74, 6) is 1.11. The van der Waals surface area contributed by atoms with Crippen molar-refractivity contribution in [1.82, 2.24) is 29.5 Å². The van der Waals surface area contributed by atoms with Gasteiger partial charge in [-0.15, -0.1) is 0 Å². The smallest absolute Gasteiger partial charge is 0.416 e. The normalized spacial score (nSPS) is 13.7. The van der Waals surface area contributed by atoms with Crippen LogP contribution in [0.15, 0.2) is 89.7 Å². The first-order valence-corrected chi connectivity index (χ1v) is 15.6. The number of carbonyl (C=O) groups excluding carboxylic acids is 1. The zero-order valence-electron chi connectivity index (χ0n) is 25.7. The van der Waals surface area contributed by atoms with Gasteiger partial charge in [-0.25, -0.2) is 14.8 Å². The average molecular weight is 609 g/mol. The standard InChI is InChI=1S/C35H40N6O4/c1-36-15-18-40(17-9-16-39-19-22-43-23-20-39)35(42)45-34-31(25-29-14-8-21-44-29)38-33-30(24-27-10-4-2-5-11-27)37-32(26-41(33)34)28-12-6-3-7-13-28/h2-8,10-14,21,26,36H,9,15-20,22-25H2,1H3. The van der Waals surface area contributed by atoms with E-state index in [4.69, 9.17) is 23.9 Å². The van der Waals surface area contributed by atoms with Gasteiger partial charge in [-0.3, -0.25) is 9.30 Å². The van der Waals surface area contributed by atoms with Gasteiger partial charge in [0.2, 0.25) is 5.88 Å². The first kappa shape index (κ1) is 30.5. The summed E-state index contributed by atoms with van der Waals surface area (Å²) in [5.41, 5.74) is 4.91. The number of nitrogens with one attached hydrogen (secondary N) is 1. The number of hydrogen-bond donors (Lipinski definition) is 1. The second-order valence-electron chi connectivity index (χ2n) is 11.2. The zero-order valence-corrected chi connectivity index (χ0v) is 25.7. The van der Waals surface area contributed by atoms with Crippen molar-refractivity contribution < 1.29 is 18.7 Å². The molecule has 1 aliphatic heterocycles. The number of benzene rings is 2. The fraction of sp³-hybridized carbons (Fsp3) is 0.343. The third kappa shape index (κ3) is 7.78. The van der Waals surface area contributed by atoms with E-state index in [1.807, 2.05) is 78.3 Å². The van der Waals surface area contributed by atoms with Crippen molar-refractivity contribution in [2.45, 2.75) is 19.3 Å². The third-order valence-corrected chi connectivity index (χ3v) is 7.99. The Morgan fingerprint density at radius 2 is 1.71 bits per heavy atom. The molecule has 1 N–H and O–H groups in total. The molecule has 6 rings (SSSR count). The predicted octanol–water partition coefficient (Wildman–Crippen LogP) is 4.91. The van der Waals surface area contributed by atoms with E-state index in [2.05, 4.69) is 22.3 Å². The first-order valence-electron chi connectivity index (χ1n) is 15.6. The van der Waals surface area contributed by atoms with Crippen molar-refractivity contribution in [3.05, 3.63) is 108 Å². The van der Waals surface area contributed by atoms with Gasteiger partial charge in [-0.1, -0.05) is 60.7 Å². The van der Waals surface area contributed by atoms with Crippen LogP contribution < -0.4 is 10.1 Å². The Hall–Kier alpha value is -4.51. The Labute approximate surface area is 263 Å². The van der Waals surface area contributed by atoms with Crippen LogP contribution in [0.4, 0.5) is 4.79 Å². The number of amides is 1. The Morgan fingerprint density at radius 1 is 0.933 bits per heavy atom. The molecule has 0 unspecified atom stereocenters. The molecule has 45 heavy (non-hydrogen) atoms. The highest BCUT2D eigenvalue weighted by molar-refractivity contribution is 5.72. The zero-order chi connectivity index (χ0) is 30.8. The van der Waals surface area contributed by atoms with Crippen LogP contribution in [-0.4, -0.2) is 89.8 Å². The molecule has 0 spiro atoms. The molecule has 0 radical (unpaired) electrons. The molecule has 1 amide bonds. The number of likely N-dealkylation sites (N-methyl/N-ethyl adjacent to an activating group) is 1. The molecule has 4 heterocycles. The molecule has 1 aliphatic rings. The van der Waals surface area contributed by atoms with Gasteiger partial charge in [-0.2, -0.15) is 0 Å². The maximum atomic E-state index is 13.9. The molecule has 5 aromatic rings. The predicted molar refractivity (Wildman–Crippen MR) is 173 cm³/mol. The summed E-state index contributed by atoms with van der Waals surface area (Å²) in [7, 11) is 1.88. The lowest BCUT2D eigenvalue weighted by Crippen LogP contribution is -2.41. The van der Waals surface area contributed by atoms with Crippen molar-refractivity contribution >= 4 is 11.7 Å². The summed E-state index contributed by atoms with van der Waals surface area (Å²) in [6.45, 7) is 6.01. The lowest BCUT2D eigenvalue weighted by Gasteiger charge is -2.28. The van der Waals surface area contributed by atoms with E-state index in [9.17, 15) is 4.79 Å². The number of rotatable bonds is 13. The van der Waals surface area contributed by atoms with E-state index in [0.717, 1.165) is 67.5 Å². The molecule has 2 aromatic carbocycles. The highest BCUT2D eigenvalue weighted by Gasteiger charge is 2.25. The number of ether oxygens (including phenoxy) is 2. The molecule has 0 atom stereocenters. The number of aromatic nitrogens is 3. The Bertz CT molecular complexity index is 1650.